The third-order valence-electron chi connectivity index (χ3n) is 8.87. The van der Waals surface area contributed by atoms with Crippen molar-refractivity contribution in [2.45, 2.75) is 43.9 Å². The molecule has 4 aliphatic carbocycles. The first-order valence-corrected chi connectivity index (χ1v) is 12.9. The molecule has 164 valence electrons. The third kappa shape index (κ3) is 3.18. The fraction of sp³-hybridized carbons (Fsp3) is 0.312. The Hall–Kier alpha value is -2.57. The fourth-order valence-electron chi connectivity index (χ4n) is 8.05. The van der Waals surface area contributed by atoms with E-state index in [9.17, 15) is 0 Å². The van der Waals surface area contributed by atoms with Crippen LogP contribution in [0.3, 0.4) is 0 Å². The van der Waals surface area contributed by atoms with Crippen LogP contribution in [-0.2, 0) is 5.41 Å². The van der Waals surface area contributed by atoms with Crippen molar-refractivity contribution in [3.63, 3.8) is 0 Å². The summed E-state index contributed by atoms with van der Waals surface area (Å²) in [7, 11) is 0. The van der Waals surface area contributed by atoms with Crippen LogP contribution in [0.15, 0.2) is 84.9 Å². The summed E-state index contributed by atoms with van der Waals surface area (Å²) in [5, 5.41) is 3.55. The summed E-state index contributed by atoms with van der Waals surface area (Å²) < 4.78 is 0. The molecule has 0 amide bonds. The first-order valence-electron chi connectivity index (χ1n) is 12.6. The molecule has 33 heavy (non-hydrogen) atoms. The second kappa shape index (κ2) is 7.47. The minimum atomic E-state index is 0.304. The number of hydrogen-bond donors (Lipinski definition) is 0. The zero-order valence-corrected chi connectivity index (χ0v) is 19.7. The molecule has 4 bridgehead atoms. The summed E-state index contributed by atoms with van der Waals surface area (Å²) in [6.07, 6.45) is 8.43. The predicted molar refractivity (Wildman–Crippen MR) is 140 cm³/mol. The number of fused-ring (bicyclic) bond motifs is 1. The molecular weight excluding hydrogens is 420 g/mol. The minimum absolute atomic E-state index is 0.304. The largest absolute Gasteiger partial charge is 0.0843 e. The molecular formula is C32H29Cl. The van der Waals surface area contributed by atoms with Gasteiger partial charge in [-0.3, -0.25) is 0 Å². The normalized spacial score (nSPS) is 27.8. The average Bonchev–Trinajstić information content (AvgIpc) is 2.83. The Morgan fingerprint density at radius 2 is 1.24 bits per heavy atom. The van der Waals surface area contributed by atoms with Crippen molar-refractivity contribution in [3.05, 3.63) is 95.5 Å². The Morgan fingerprint density at radius 1 is 0.606 bits per heavy atom. The second-order valence-electron chi connectivity index (χ2n) is 11.0. The van der Waals surface area contributed by atoms with E-state index >= 15 is 0 Å². The summed E-state index contributed by atoms with van der Waals surface area (Å²) in [4.78, 5) is 0. The van der Waals surface area contributed by atoms with Crippen molar-refractivity contribution in [1.82, 2.24) is 0 Å². The standard InChI is InChI=1S/C32H29Cl/c33-26-12-13-28(30(17-26)32-18-21-14-22(19-32)16-23(15-21)20-32)29-11-5-9-25-8-4-10-27(31(25)29)24-6-2-1-3-7-24/h1-13,17,21-23H,14-16,18-20H2. The van der Waals surface area contributed by atoms with Gasteiger partial charge in [0.2, 0.25) is 0 Å². The highest BCUT2D eigenvalue weighted by atomic mass is 35.5. The van der Waals surface area contributed by atoms with E-state index in [4.69, 9.17) is 11.6 Å². The lowest BCUT2D eigenvalue weighted by molar-refractivity contribution is -0.00491. The van der Waals surface area contributed by atoms with Crippen molar-refractivity contribution < 1.29 is 0 Å². The molecule has 0 atom stereocenters. The number of rotatable bonds is 3. The van der Waals surface area contributed by atoms with Crippen molar-refractivity contribution >= 4 is 22.4 Å². The molecule has 8 rings (SSSR count). The van der Waals surface area contributed by atoms with Gasteiger partial charge in [0.1, 0.15) is 0 Å². The van der Waals surface area contributed by atoms with E-state index in [0.717, 1.165) is 22.8 Å². The van der Waals surface area contributed by atoms with Crippen LogP contribution < -0.4 is 0 Å². The maximum Gasteiger partial charge on any atom is 0.0409 e. The van der Waals surface area contributed by atoms with Crippen molar-refractivity contribution in [2.75, 3.05) is 0 Å². The smallest absolute Gasteiger partial charge is 0.0409 e. The van der Waals surface area contributed by atoms with Crippen molar-refractivity contribution in [2.24, 2.45) is 17.8 Å². The summed E-state index contributed by atoms with van der Waals surface area (Å²) in [6, 6.07) is 31.1. The summed E-state index contributed by atoms with van der Waals surface area (Å²) >= 11 is 6.69. The van der Waals surface area contributed by atoms with Crippen LogP contribution in [0.4, 0.5) is 0 Å². The van der Waals surface area contributed by atoms with E-state index < -0.39 is 0 Å². The lowest BCUT2D eigenvalue weighted by atomic mass is 9.47. The topological polar surface area (TPSA) is 0 Å². The first-order chi connectivity index (χ1) is 16.2. The Kier molecular flexibility index (Phi) is 4.50. The minimum Gasteiger partial charge on any atom is -0.0843 e. The Bertz CT molecular complexity index is 1310. The molecule has 0 aromatic heterocycles. The summed E-state index contributed by atoms with van der Waals surface area (Å²) in [5.74, 6) is 2.74. The molecule has 4 aromatic carbocycles. The molecule has 0 radical (unpaired) electrons. The van der Waals surface area contributed by atoms with E-state index in [1.54, 1.807) is 0 Å². The van der Waals surface area contributed by atoms with Crippen LogP contribution in [0, 0.1) is 17.8 Å². The molecule has 0 N–H and O–H groups in total. The van der Waals surface area contributed by atoms with Crippen LogP contribution in [0.1, 0.15) is 44.1 Å². The highest BCUT2D eigenvalue weighted by Crippen LogP contribution is 2.62. The Balaban J connectivity index is 1.48. The van der Waals surface area contributed by atoms with Gasteiger partial charge in [-0.1, -0.05) is 84.4 Å². The molecule has 4 aromatic rings. The van der Waals surface area contributed by atoms with Gasteiger partial charge in [-0.2, -0.15) is 0 Å². The van der Waals surface area contributed by atoms with Crippen LogP contribution in [0.5, 0.6) is 0 Å². The van der Waals surface area contributed by atoms with E-state index in [0.29, 0.717) is 5.41 Å². The third-order valence-corrected chi connectivity index (χ3v) is 9.11. The molecule has 4 aliphatic rings. The molecule has 0 unspecified atom stereocenters. The lowest BCUT2D eigenvalue weighted by Crippen LogP contribution is -2.48. The molecule has 0 aliphatic heterocycles. The van der Waals surface area contributed by atoms with Gasteiger partial charge in [0.25, 0.3) is 0 Å². The molecule has 0 heterocycles. The number of hydrogen-bond acceptors (Lipinski definition) is 0. The molecule has 4 fully saturated rings. The van der Waals surface area contributed by atoms with E-state index in [1.165, 1.54) is 77.1 Å². The van der Waals surface area contributed by atoms with Crippen LogP contribution in [0.25, 0.3) is 33.0 Å². The van der Waals surface area contributed by atoms with Crippen LogP contribution in [0.2, 0.25) is 5.02 Å². The van der Waals surface area contributed by atoms with Crippen molar-refractivity contribution in [3.8, 4) is 22.3 Å². The van der Waals surface area contributed by atoms with Gasteiger partial charge < -0.3 is 0 Å². The second-order valence-corrected chi connectivity index (χ2v) is 11.4. The average molecular weight is 449 g/mol. The van der Waals surface area contributed by atoms with Crippen molar-refractivity contribution in [1.29, 1.82) is 0 Å². The van der Waals surface area contributed by atoms with Gasteiger partial charge in [-0.25, -0.2) is 0 Å². The van der Waals surface area contributed by atoms with E-state index in [-0.39, 0.29) is 0 Å². The van der Waals surface area contributed by atoms with Gasteiger partial charge in [0.05, 0.1) is 0 Å². The lowest BCUT2D eigenvalue weighted by Gasteiger charge is -2.57. The number of halogens is 1. The molecule has 0 nitrogen and oxygen atoms in total. The molecule has 4 saturated carbocycles. The van der Waals surface area contributed by atoms with Gasteiger partial charge in [-0.05, 0) is 112 Å². The molecule has 0 saturated heterocycles. The maximum atomic E-state index is 6.69. The molecule has 0 spiro atoms. The zero-order valence-electron chi connectivity index (χ0n) is 18.9. The van der Waals surface area contributed by atoms with E-state index in [1.807, 2.05) is 0 Å². The SMILES string of the molecule is Clc1ccc(-c2cccc3cccc(-c4ccccc4)c23)c(C23CC4CC(CC(C4)C2)C3)c1. The van der Waals surface area contributed by atoms with Crippen LogP contribution >= 0.6 is 11.6 Å². The summed E-state index contributed by atoms with van der Waals surface area (Å²) in [6.45, 7) is 0. The van der Waals surface area contributed by atoms with E-state index in [2.05, 4.69) is 84.9 Å². The molecule has 1 heteroatoms. The zero-order chi connectivity index (χ0) is 22.0. The van der Waals surface area contributed by atoms with Crippen LogP contribution in [-0.4, -0.2) is 0 Å². The van der Waals surface area contributed by atoms with Gasteiger partial charge in [0, 0.05) is 5.02 Å². The summed E-state index contributed by atoms with van der Waals surface area (Å²) in [5.41, 5.74) is 7.17. The van der Waals surface area contributed by atoms with Gasteiger partial charge in [-0.15, -0.1) is 0 Å². The monoisotopic (exact) mass is 448 g/mol. The maximum absolute atomic E-state index is 6.69. The highest BCUT2D eigenvalue weighted by molar-refractivity contribution is 6.30. The predicted octanol–water partition coefficient (Wildman–Crippen LogP) is 9.29. The fourth-order valence-corrected chi connectivity index (χ4v) is 8.23. The first kappa shape index (κ1) is 19.9. The quantitative estimate of drug-likeness (QED) is 0.293. The number of benzene rings is 4. The highest BCUT2D eigenvalue weighted by Gasteiger charge is 2.52. The Labute approximate surface area is 201 Å². The van der Waals surface area contributed by atoms with Gasteiger partial charge in [0.15, 0.2) is 0 Å². The van der Waals surface area contributed by atoms with Gasteiger partial charge >= 0.3 is 0 Å². The Morgan fingerprint density at radius 3 is 1.91 bits per heavy atom.